The molecule has 0 aromatic heterocycles. The number of nitrogens with zero attached hydrogens (tertiary/aromatic N) is 1. The predicted molar refractivity (Wildman–Crippen MR) is 279 cm³/mol. The normalized spacial score (nSPS) is 24.8. The van der Waals surface area contributed by atoms with Crippen LogP contribution in [-0.2, 0) is 64.0 Å². The van der Waals surface area contributed by atoms with Gasteiger partial charge in [0.2, 0.25) is 70.9 Å². The largest absolute Gasteiger partial charge is 0.508 e. The summed E-state index contributed by atoms with van der Waals surface area (Å²) >= 11 is 0. The Morgan fingerprint density at radius 3 is 1.58 bits per heavy atom. The molecule has 1 aromatic carbocycles. The summed E-state index contributed by atoms with van der Waals surface area (Å²) in [5.41, 5.74) is 22.1. The van der Waals surface area contributed by atoms with E-state index in [-0.39, 0.29) is 18.6 Å². The Balaban J connectivity index is 2.11. The first-order chi connectivity index (χ1) is 36.9. The summed E-state index contributed by atoms with van der Waals surface area (Å²) in [6.45, 7) is 2.81. The number of amides is 12. The molecule has 27 heteroatoms. The van der Waals surface area contributed by atoms with Crippen LogP contribution in [0.3, 0.4) is 0 Å². The highest BCUT2D eigenvalue weighted by Crippen LogP contribution is 2.22. The van der Waals surface area contributed by atoms with E-state index in [1.807, 2.05) is 0 Å². The van der Waals surface area contributed by atoms with Crippen LogP contribution in [0.25, 0.3) is 0 Å². The summed E-state index contributed by atoms with van der Waals surface area (Å²) in [7, 11) is 0. The van der Waals surface area contributed by atoms with Crippen molar-refractivity contribution in [1.29, 1.82) is 0 Å². The van der Waals surface area contributed by atoms with Gasteiger partial charge in [-0.2, -0.15) is 0 Å². The van der Waals surface area contributed by atoms with Gasteiger partial charge in [0.05, 0.1) is 32.0 Å². The number of rotatable bonds is 24. The van der Waals surface area contributed by atoms with Crippen molar-refractivity contribution in [3.63, 3.8) is 0 Å². The van der Waals surface area contributed by atoms with Gasteiger partial charge in [-0.3, -0.25) is 57.5 Å². The van der Waals surface area contributed by atoms with Gasteiger partial charge in [0, 0.05) is 38.3 Å². The third-order valence-electron chi connectivity index (χ3n) is 13.6. The number of phenols is 1. The van der Waals surface area contributed by atoms with Gasteiger partial charge in [-0.05, 0) is 36.5 Å². The molecule has 1 aromatic rings. The molecule has 2 fully saturated rings. The van der Waals surface area contributed by atoms with Gasteiger partial charge in [-0.1, -0.05) is 90.2 Å². The van der Waals surface area contributed by atoms with Gasteiger partial charge >= 0.3 is 0 Å². The van der Waals surface area contributed by atoms with Crippen molar-refractivity contribution < 1.29 is 72.9 Å². The predicted octanol–water partition coefficient (Wildman–Crippen LogP) is -3.48. The first-order valence-corrected chi connectivity index (χ1v) is 26.5. The summed E-state index contributed by atoms with van der Waals surface area (Å²) in [6, 6.07) is -8.08. The smallest absolute Gasteiger partial charge is 0.245 e. The molecule has 0 saturated carbocycles. The molecule has 2 saturated heterocycles. The molecule has 2 aliphatic heterocycles. The number of carbonyl (C=O) groups excluding carboxylic acids is 12. The summed E-state index contributed by atoms with van der Waals surface area (Å²) < 4.78 is 0. The quantitative estimate of drug-likeness (QED) is 0.0447. The van der Waals surface area contributed by atoms with Crippen molar-refractivity contribution in [1.82, 2.24) is 42.1 Å². The van der Waals surface area contributed by atoms with Gasteiger partial charge < -0.3 is 80.4 Å². The van der Waals surface area contributed by atoms with Crippen LogP contribution in [-0.4, -0.2) is 159 Å². The van der Waals surface area contributed by atoms with E-state index in [1.165, 1.54) is 30.7 Å². The zero-order valence-electron chi connectivity index (χ0n) is 44.4. The first-order valence-electron chi connectivity index (χ1n) is 26.5. The third kappa shape index (κ3) is 23.0. The highest BCUT2D eigenvalue weighted by molar-refractivity contribution is 6.00. The second-order valence-corrected chi connectivity index (χ2v) is 20.2. The fourth-order valence-electron chi connectivity index (χ4n) is 9.06. The molecule has 434 valence electrons. The molecule has 10 atom stereocenters. The van der Waals surface area contributed by atoms with Gasteiger partial charge in [-0.25, -0.2) is 0 Å². The first kappa shape index (κ1) is 64.9. The van der Waals surface area contributed by atoms with Crippen LogP contribution in [0.1, 0.15) is 135 Å². The lowest BCUT2D eigenvalue weighted by molar-refractivity contribution is -0.143. The maximum absolute atomic E-state index is 14.3. The second kappa shape index (κ2) is 33.0. The van der Waals surface area contributed by atoms with Gasteiger partial charge in [0.15, 0.2) is 0 Å². The minimum Gasteiger partial charge on any atom is -0.508 e. The Hall–Kier alpha value is -7.42. The number of phenolic OH excluding ortho intramolecular Hbond substituents is 1. The van der Waals surface area contributed by atoms with Gasteiger partial charge in [0.1, 0.15) is 48.0 Å². The number of primary amides is 4. The number of aliphatic hydroxyl groups excluding tert-OH is 2. The zero-order chi connectivity index (χ0) is 58.1. The zero-order valence-corrected chi connectivity index (χ0v) is 44.4. The summed E-state index contributed by atoms with van der Waals surface area (Å²) in [5, 5.41) is 47.8. The molecular weight excluding hydrogens is 1020 g/mol. The van der Waals surface area contributed by atoms with Crippen LogP contribution < -0.4 is 60.2 Å². The average Bonchev–Trinajstić information content (AvgIpc) is 3.77. The number of nitrogens with one attached hydrogen (secondary N) is 7. The molecule has 0 aliphatic carbocycles. The lowest BCUT2D eigenvalue weighted by atomic mass is 9.99. The van der Waals surface area contributed by atoms with Crippen molar-refractivity contribution >= 4 is 70.9 Å². The topological polar surface area (TPSA) is 457 Å². The standard InChI is InChI=1S/C51H80N12O15/c1-3-28(2)12-10-8-6-4-5-7-9-11-13-30-21-44(71)57-35(23-41(53)68)46(73)59-34(20-29-14-16-31(65)17-15-29)45(72)60-36(24-42(54)69)47(74)58-33(18-19-40(52)67)51(78)63-26-32(66)22-39(63)50(77)61-37(25-43(55)70)48(75)62-38(27-64)49(76)56-30/h14-17,28,30,32-39,64-66H,3-13,18-27H2,1-2H3,(H2,52,67)(H2,53,68)(H2,54,69)(H2,55,70)(H,56,76)(H,57,71)(H,58,74)(H,59,73)(H,60,72)(H,61,77)(H,62,75)/t28?,30-,32-,33+,34-,35+,36-,37-,38+,39+/m1/s1. The maximum Gasteiger partial charge on any atom is 0.245 e. The molecule has 0 bridgehead atoms. The molecule has 0 radical (unpaired) electrons. The van der Waals surface area contributed by atoms with E-state index >= 15 is 0 Å². The fourth-order valence-corrected chi connectivity index (χ4v) is 9.06. The van der Waals surface area contributed by atoms with Crippen molar-refractivity contribution in [2.24, 2.45) is 28.9 Å². The van der Waals surface area contributed by atoms with E-state index in [2.05, 4.69) is 51.1 Å². The molecular formula is C51H80N12O15. The van der Waals surface area contributed by atoms with E-state index in [4.69, 9.17) is 22.9 Å². The highest BCUT2D eigenvalue weighted by atomic mass is 16.3. The van der Waals surface area contributed by atoms with Crippen LogP contribution >= 0.6 is 0 Å². The second-order valence-electron chi connectivity index (χ2n) is 20.2. The fraction of sp³-hybridized carbons (Fsp3) is 0.647. The Morgan fingerprint density at radius 2 is 1.05 bits per heavy atom. The number of nitrogens with two attached hydrogens (primary N) is 4. The number of hydrogen-bond acceptors (Lipinski definition) is 15. The number of unbranched alkanes of at least 4 members (excludes halogenated alkanes) is 7. The maximum atomic E-state index is 14.3. The highest BCUT2D eigenvalue weighted by Gasteiger charge is 2.44. The van der Waals surface area contributed by atoms with Crippen LogP contribution in [0.5, 0.6) is 5.75 Å². The number of hydrogen-bond donors (Lipinski definition) is 14. The van der Waals surface area contributed by atoms with Crippen molar-refractivity contribution in [3.05, 3.63) is 29.8 Å². The molecule has 18 N–H and O–H groups in total. The lowest BCUT2D eigenvalue weighted by Crippen LogP contribution is -2.60. The van der Waals surface area contributed by atoms with E-state index in [0.717, 1.165) is 49.8 Å². The Morgan fingerprint density at radius 1 is 0.590 bits per heavy atom. The number of benzene rings is 1. The van der Waals surface area contributed by atoms with Crippen LogP contribution in [0.4, 0.5) is 0 Å². The summed E-state index contributed by atoms with van der Waals surface area (Å²) in [6.07, 6.45) is 3.29. The molecule has 27 nitrogen and oxygen atoms in total. The third-order valence-corrected chi connectivity index (χ3v) is 13.6. The number of aliphatic hydroxyl groups is 2. The summed E-state index contributed by atoms with van der Waals surface area (Å²) in [4.78, 5) is 162. The van der Waals surface area contributed by atoms with E-state index in [9.17, 15) is 72.9 Å². The summed E-state index contributed by atoms with van der Waals surface area (Å²) in [5.74, 6) is -12.6. The van der Waals surface area contributed by atoms with E-state index in [1.54, 1.807) is 0 Å². The van der Waals surface area contributed by atoms with Crippen molar-refractivity contribution in [2.75, 3.05) is 13.2 Å². The number of carbonyl (C=O) groups is 12. The average molecular weight is 1100 g/mol. The Bertz CT molecular complexity index is 2270. The van der Waals surface area contributed by atoms with E-state index in [0.29, 0.717) is 24.3 Å². The SMILES string of the molecule is CCC(C)CCCCCCCCCC[C@@H]1CC(=O)N[C@@H](CC(N)=O)C(=O)N[C@H](Cc2ccc(O)cc2)C(=O)N[C@H](CC(N)=O)C(=O)N[C@@H](CCC(N)=O)C(=O)N2C[C@H](O)C[C@H]2C(=O)N[C@H](CC(N)=O)C(=O)N[C@@H](CO)C(=O)N1. The van der Waals surface area contributed by atoms with Crippen LogP contribution in [0.15, 0.2) is 24.3 Å². The van der Waals surface area contributed by atoms with Crippen molar-refractivity contribution in [3.8, 4) is 5.75 Å². The molecule has 3 rings (SSSR count). The molecule has 2 heterocycles. The van der Waals surface area contributed by atoms with Crippen LogP contribution in [0.2, 0.25) is 0 Å². The lowest BCUT2D eigenvalue weighted by Gasteiger charge is -2.30. The minimum atomic E-state index is -1.91. The van der Waals surface area contributed by atoms with E-state index < -0.39 is 183 Å². The number of aromatic hydroxyl groups is 1. The Kier molecular flexibility index (Phi) is 27.4. The molecule has 2 aliphatic rings. The molecule has 12 amide bonds. The Labute approximate surface area is 452 Å². The molecule has 78 heavy (non-hydrogen) atoms. The van der Waals surface area contributed by atoms with Crippen molar-refractivity contribution in [2.45, 2.75) is 190 Å². The number of fused-ring (bicyclic) bond motifs is 1. The molecule has 0 spiro atoms. The monoisotopic (exact) mass is 1100 g/mol. The minimum absolute atomic E-state index is 0.161. The van der Waals surface area contributed by atoms with Crippen LogP contribution in [0, 0.1) is 5.92 Å². The van der Waals surface area contributed by atoms with Gasteiger partial charge in [-0.15, -0.1) is 0 Å². The molecule has 1 unspecified atom stereocenters. The van der Waals surface area contributed by atoms with Gasteiger partial charge in [0.25, 0.3) is 0 Å².